The van der Waals surface area contributed by atoms with Crippen molar-refractivity contribution in [1.82, 2.24) is 9.78 Å². The van der Waals surface area contributed by atoms with Crippen LogP contribution in [-0.2, 0) is 7.05 Å². The highest BCUT2D eigenvalue weighted by Crippen LogP contribution is 2.15. The molecule has 3 nitrogen and oxygen atoms in total. The van der Waals surface area contributed by atoms with E-state index in [1.807, 2.05) is 20.2 Å². The van der Waals surface area contributed by atoms with E-state index >= 15 is 0 Å². The minimum atomic E-state index is -0.0799. The van der Waals surface area contributed by atoms with Gasteiger partial charge in [0, 0.05) is 18.8 Å². The van der Waals surface area contributed by atoms with Crippen LogP contribution in [0, 0.1) is 0 Å². The lowest BCUT2D eigenvalue weighted by Gasteiger charge is -2.06. The largest absolute Gasteiger partial charge is 0.320 e. The van der Waals surface area contributed by atoms with Crippen LogP contribution >= 0.6 is 0 Å². The van der Waals surface area contributed by atoms with Crippen molar-refractivity contribution >= 4 is 0 Å². The Labute approximate surface area is 66.5 Å². The van der Waals surface area contributed by atoms with Crippen LogP contribution in [0.15, 0.2) is 24.5 Å². The van der Waals surface area contributed by atoms with Gasteiger partial charge >= 0.3 is 0 Å². The molecule has 0 saturated carbocycles. The fraction of sp³-hybridized carbons (Fsp3) is 0.375. The maximum Gasteiger partial charge on any atom is 0.0540 e. The van der Waals surface area contributed by atoms with Crippen LogP contribution < -0.4 is 5.73 Å². The molecule has 0 spiro atoms. The molecule has 0 aliphatic rings. The summed E-state index contributed by atoms with van der Waals surface area (Å²) in [7, 11) is 1.87. The van der Waals surface area contributed by atoms with Crippen molar-refractivity contribution in [2.75, 3.05) is 0 Å². The molecule has 2 N–H and O–H groups in total. The molecule has 0 bridgehead atoms. The van der Waals surface area contributed by atoms with Crippen LogP contribution in [0.1, 0.15) is 18.5 Å². The summed E-state index contributed by atoms with van der Waals surface area (Å²) >= 11 is 0. The van der Waals surface area contributed by atoms with Gasteiger partial charge in [-0.3, -0.25) is 4.68 Å². The summed E-state index contributed by atoms with van der Waals surface area (Å²) in [6.45, 7) is 5.69. The maximum atomic E-state index is 5.80. The molecule has 11 heavy (non-hydrogen) atoms. The highest BCUT2D eigenvalue weighted by atomic mass is 15.2. The minimum Gasteiger partial charge on any atom is -0.320 e. The molecule has 1 rings (SSSR count). The van der Waals surface area contributed by atoms with Gasteiger partial charge in [-0.2, -0.15) is 5.10 Å². The minimum absolute atomic E-state index is 0.0799. The second-order valence-electron chi connectivity index (χ2n) is 2.77. The maximum absolute atomic E-state index is 5.80. The van der Waals surface area contributed by atoms with E-state index in [0.29, 0.717) is 0 Å². The first-order valence-electron chi connectivity index (χ1n) is 3.51. The molecule has 0 amide bonds. The third-order valence-electron chi connectivity index (χ3n) is 1.61. The normalized spacial score (nSPS) is 13.0. The Morgan fingerprint density at radius 1 is 1.82 bits per heavy atom. The Bertz CT molecular complexity index is 262. The zero-order valence-corrected chi connectivity index (χ0v) is 6.91. The van der Waals surface area contributed by atoms with Crippen LogP contribution in [-0.4, -0.2) is 9.78 Å². The van der Waals surface area contributed by atoms with Crippen molar-refractivity contribution < 1.29 is 0 Å². The van der Waals surface area contributed by atoms with Crippen LogP contribution in [0.25, 0.3) is 0 Å². The monoisotopic (exact) mass is 151 g/mol. The molecule has 1 atom stereocenters. The molecule has 1 aromatic rings. The average molecular weight is 151 g/mol. The van der Waals surface area contributed by atoms with Gasteiger partial charge in [-0.05, 0) is 6.92 Å². The summed E-state index contributed by atoms with van der Waals surface area (Å²) in [6, 6.07) is -0.0799. The zero-order valence-electron chi connectivity index (χ0n) is 6.91. The number of nitrogens with zero attached hydrogens (tertiary/aromatic N) is 2. The first-order valence-corrected chi connectivity index (χ1v) is 3.51. The molecule has 0 aromatic carbocycles. The predicted octanol–water partition coefficient (Wildman–Crippen LogP) is 0.996. The third-order valence-corrected chi connectivity index (χ3v) is 1.61. The summed E-state index contributed by atoms with van der Waals surface area (Å²) in [5.74, 6) is 0. The van der Waals surface area contributed by atoms with Gasteiger partial charge in [-0.15, -0.1) is 0 Å². The molecule has 0 radical (unpaired) electrons. The fourth-order valence-corrected chi connectivity index (χ4v) is 0.885. The Hall–Kier alpha value is -1.09. The van der Waals surface area contributed by atoms with Gasteiger partial charge in [-0.25, -0.2) is 0 Å². The molecular weight excluding hydrogens is 138 g/mol. The van der Waals surface area contributed by atoms with E-state index < -0.39 is 0 Å². The van der Waals surface area contributed by atoms with Crippen molar-refractivity contribution in [2.24, 2.45) is 12.8 Å². The van der Waals surface area contributed by atoms with Crippen molar-refractivity contribution in [3.8, 4) is 0 Å². The lowest BCUT2D eigenvalue weighted by atomic mass is 10.1. The number of aromatic nitrogens is 2. The Morgan fingerprint density at radius 3 is 2.82 bits per heavy atom. The van der Waals surface area contributed by atoms with Crippen molar-refractivity contribution in [3.63, 3.8) is 0 Å². The Morgan fingerprint density at radius 2 is 2.45 bits per heavy atom. The van der Waals surface area contributed by atoms with Crippen molar-refractivity contribution in [3.05, 3.63) is 30.1 Å². The number of hydrogen-bond donors (Lipinski definition) is 1. The Balaban J connectivity index is 2.84. The molecule has 1 heterocycles. The van der Waals surface area contributed by atoms with E-state index in [0.717, 1.165) is 11.1 Å². The van der Waals surface area contributed by atoms with Crippen molar-refractivity contribution in [1.29, 1.82) is 0 Å². The SMILES string of the molecule is C=C(C)C(N)c1cnn(C)c1. The summed E-state index contributed by atoms with van der Waals surface area (Å²) < 4.78 is 1.73. The first-order chi connectivity index (χ1) is 5.11. The number of rotatable bonds is 2. The van der Waals surface area contributed by atoms with Gasteiger partial charge in [0.15, 0.2) is 0 Å². The van der Waals surface area contributed by atoms with Crippen LogP contribution in [0.4, 0.5) is 0 Å². The van der Waals surface area contributed by atoms with Gasteiger partial charge in [0.25, 0.3) is 0 Å². The van der Waals surface area contributed by atoms with Gasteiger partial charge in [0.2, 0.25) is 0 Å². The summed E-state index contributed by atoms with van der Waals surface area (Å²) in [5, 5.41) is 4.02. The number of hydrogen-bond acceptors (Lipinski definition) is 2. The zero-order chi connectivity index (χ0) is 8.43. The predicted molar refractivity (Wildman–Crippen MR) is 45.0 cm³/mol. The first kappa shape index (κ1) is 8.01. The lowest BCUT2D eigenvalue weighted by Crippen LogP contribution is -2.09. The average Bonchev–Trinajstić information content (AvgIpc) is 2.34. The van der Waals surface area contributed by atoms with E-state index in [1.165, 1.54) is 0 Å². The van der Waals surface area contributed by atoms with Gasteiger partial charge in [0.05, 0.1) is 12.2 Å². The van der Waals surface area contributed by atoms with Crippen LogP contribution in [0.2, 0.25) is 0 Å². The van der Waals surface area contributed by atoms with E-state index in [-0.39, 0.29) is 6.04 Å². The molecule has 3 heteroatoms. The third kappa shape index (κ3) is 1.68. The topological polar surface area (TPSA) is 43.8 Å². The molecule has 0 fully saturated rings. The summed E-state index contributed by atoms with van der Waals surface area (Å²) in [6.07, 6.45) is 3.67. The van der Waals surface area contributed by atoms with E-state index in [1.54, 1.807) is 10.9 Å². The molecule has 0 aliphatic carbocycles. The fourth-order valence-electron chi connectivity index (χ4n) is 0.885. The molecule has 0 saturated heterocycles. The van der Waals surface area contributed by atoms with E-state index in [2.05, 4.69) is 11.7 Å². The molecule has 1 unspecified atom stereocenters. The standard InChI is InChI=1S/C8H13N3/c1-6(2)8(9)7-4-10-11(3)5-7/h4-5,8H,1,9H2,2-3H3. The smallest absolute Gasteiger partial charge is 0.0540 e. The van der Waals surface area contributed by atoms with Crippen molar-refractivity contribution in [2.45, 2.75) is 13.0 Å². The van der Waals surface area contributed by atoms with E-state index in [9.17, 15) is 0 Å². The van der Waals surface area contributed by atoms with Gasteiger partial charge in [-0.1, -0.05) is 12.2 Å². The molecule has 1 aromatic heterocycles. The second kappa shape index (κ2) is 2.88. The molecule has 0 aliphatic heterocycles. The quantitative estimate of drug-likeness (QED) is 0.641. The molecular formula is C8H13N3. The van der Waals surface area contributed by atoms with Gasteiger partial charge < -0.3 is 5.73 Å². The van der Waals surface area contributed by atoms with Gasteiger partial charge in [0.1, 0.15) is 0 Å². The Kier molecular flexibility index (Phi) is 2.10. The highest BCUT2D eigenvalue weighted by Gasteiger charge is 2.07. The number of aryl methyl sites for hydroxylation is 1. The summed E-state index contributed by atoms with van der Waals surface area (Å²) in [5.41, 5.74) is 7.77. The number of nitrogens with two attached hydrogens (primary N) is 1. The summed E-state index contributed by atoms with van der Waals surface area (Å²) in [4.78, 5) is 0. The second-order valence-corrected chi connectivity index (χ2v) is 2.77. The lowest BCUT2D eigenvalue weighted by molar-refractivity contribution is 0.764. The van der Waals surface area contributed by atoms with Crippen LogP contribution in [0.3, 0.4) is 0 Å². The highest BCUT2D eigenvalue weighted by molar-refractivity contribution is 5.19. The molecule has 60 valence electrons. The van der Waals surface area contributed by atoms with Crippen LogP contribution in [0.5, 0.6) is 0 Å². The van der Waals surface area contributed by atoms with E-state index in [4.69, 9.17) is 5.73 Å².